The number of hydrogen-bond acceptors (Lipinski definition) is 2. The fraction of sp³-hybridized carbons (Fsp3) is 0.545. The largest absolute Gasteiger partial charge is 0.339 e. The van der Waals surface area contributed by atoms with Crippen molar-refractivity contribution in [2.45, 2.75) is 26.2 Å². The Morgan fingerprint density at radius 3 is 2.64 bits per heavy atom. The Hall–Kier alpha value is -0.830. The number of piperidine rings is 1. The van der Waals surface area contributed by atoms with Crippen LogP contribution in [0.15, 0.2) is 11.4 Å². The number of rotatable bonds is 1. The van der Waals surface area contributed by atoms with Gasteiger partial charge in [-0.3, -0.25) is 4.79 Å². The highest BCUT2D eigenvalue weighted by Crippen LogP contribution is 2.19. The molecule has 1 aromatic rings. The number of amides is 1. The molecule has 2 rings (SSSR count). The average Bonchev–Trinajstić information content (AvgIpc) is 2.65. The minimum Gasteiger partial charge on any atom is -0.339 e. The van der Waals surface area contributed by atoms with Crippen molar-refractivity contribution in [3.8, 4) is 0 Å². The molecule has 1 aliphatic rings. The Bertz CT molecular complexity index is 326. The molecule has 0 bridgehead atoms. The highest BCUT2D eigenvalue weighted by atomic mass is 32.1. The van der Waals surface area contributed by atoms with Gasteiger partial charge in [0.2, 0.25) is 0 Å². The number of thiophene rings is 1. The zero-order chi connectivity index (χ0) is 9.97. The first-order chi connectivity index (χ1) is 6.79. The Labute approximate surface area is 88.5 Å². The van der Waals surface area contributed by atoms with Crippen LogP contribution in [0.2, 0.25) is 0 Å². The van der Waals surface area contributed by atoms with Gasteiger partial charge in [-0.15, -0.1) is 11.3 Å². The van der Waals surface area contributed by atoms with E-state index in [1.807, 2.05) is 23.3 Å². The van der Waals surface area contributed by atoms with E-state index < -0.39 is 0 Å². The van der Waals surface area contributed by atoms with Crippen LogP contribution in [0.1, 0.15) is 34.5 Å². The number of nitrogens with zero attached hydrogens (tertiary/aromatic N) is 1. The summed E-state index contributed by atoms with van der Waals surface area (Å²) in [7, 11) is 0. The molecule has 2 nitrogen and oxygen atoms in total. The molecule has 0 aliphatic carbocycles. The molecule has 1 saturated heterocycles. The average molecular weight is 209 g/mol. The maximum atomic E-state index is 12.0. The predicted molar refractivity (Wildman–Crippen MR) is 58.8 cm³/mol. The lowest BCUT2D eigenvalue weighted by molar-refractivity contribution is 0.0724. The van der Waals surface area contributed by atoms with Gasteiger partial charge in [0, 0.05) is 18.0 Å². The van der Waals surface area contributed by atoms with Crippen molar-refractivity contribution in [2.24, 2.45) is 0 Å². The fourth-order valence-electron chi connectivity index (χ4n) is 1.87. The van der Waals surface area contributed by atoms with Gasteiger partial charge < -0.3 is 4.90 Å². The summed E-state index contributed by atoms with van der Waals surface area (Å²) >= 11 is 1.65. The molecule has 14 heavy (non-hydrogen) atoms. The molecule has 0 unspecified atom stereocenters. The smallest absolute Gasteiger partial charge is 0.254 e. The fourth-order valence-corrected chi connectivity index (χ4v) is 2.56. The zero-order valence-electron chi connectivity index (χ0n) is 8.45. The second-order valence-corrected chi connectivity index (χ2v) is 4.86. The summed E-state index contributed by atoms with van der Waals surface area (Å²) < 4.78 is 0. The SMILES string of the molecule is Cc1sccc1C(=O)N1CCCCC1. The standard InChI is InChI=1S/C11H15NOS/c1-9-10(5-8-14-9)11(13)12-6-3-2-4-7-12/h5,8H,2-4,6-7H2,1H3. The molecule has 1 amide bonds. The molecule has 0 radical (unpaired) electrons. The number of hydrogen-bond donors (Lipinski definition) is 0. The van der Waals surface area contributed by atoms with Gasteiger partial charge in [-0.25, -0.2) is 0 Å². The van der Waals surface area contributed by atoms with Crippen LogP contribution in [0.25, 0.3) is 0 Å². The Kier molecular flexibility index (Phi) is 2.87. The van der Waals surface area contributed by atoms with Gasteiger partial charge in [-0.2, -0.15) is 0 Å². The Morgan fingerprint density at radius 2 is 2.07 bits per heavy atom. The Morgan fingerprint density at radius 1 is 1.36 bits per heavy atom. The van der Waals surface area contributed by atoms with E-state index in [-0.39, 0.29) is 5.91 Å². The summed E-state index contributed by atoms with van der Waals surface area (Å²) in [5.74, 6) is 0.225. The number of carbonyl (C=O) groups is 1. The number of likely N-dealkylation sites (tertiary alicyclic amines) is 1. The van der Waals surface area contributed by atoms with E-state index in [0.717, 1.165) is 36.4 Å². The molecule has 1 aliphatic heterocycles. The topological polar surface area (TPSA) is 20.3 Å². The van der Waals surface area contributed by atoms with E-state index in [1.165, 1.54) is 6.42 Å². The van der Waals surface area contributed by atoms with Crippen LogP contribution in [0.5, 0.6) is 0 Å². The Balaban J connectivity index is 2.11. The van der Waals surface area contributed by atoms with E-state index in [1.54, 1.807) is 11.3 Å². The van der Waals surface area contributed by atoms with Crippen molar-refractivity contribution in [1.82, 2.24) is 4.90 Å². The third kappa shape index (κ3) is 1.82. The molecule has 2 heterocycles. The minimum atomic E-state index is 0.225. The van der Waals surface area contributed by atoms with Gasteiger partial charge in [0.25, 0.3) is 5.91 Å². The number of carbonyl (C=O) groups excluding carboxylic acids is 1. The number of aryl methyl sites for hydroxylation is 1. The second kappa shape index (κ2) is 4.13. The summed E-state index contributed by atoms with van der Waals surface area (Å²) in [5.41, 5.74) is 0.900. The lowest BCUT2D eigenvalue weighted by atomic mass is 10.1. The van der Waals surface area contributed by atoms with Gasteiger partial charge in [0.05, 0.1) is 5.56 Å². The first kappa shape index (κ1) is 9.71. The molecule has 0 atom stereocenters. The highest BCUT2D eigenvalue weighted by molar-refractivity contribution is 7.10. The van der Waals surface area contributed by atoms with Crippen molar-refractivity contribution in [3.63, 3.8) is 0 Å². The van der Waals surface area contributed by atoms with Gasteiger partial charge in [-0.05, 0) is 37.6 Å². The zero-order valence-corrected chi connectivity index (χ0v) is 9.27. The van der Waals surface area contributed by atoms with Crippen LogP contribution < -0.4 is 0 Å². The van der Waals surface area contributed by atoms with Gasteiger partial charge >= 0.3 is 0 Å². The molecule has 76 valence electrons. The van der Waals surface area contributed by atoms with Gasteiger partial charge in [-0.1, -0.05) is 0 Å². The van der Waals surface area contributed by atoms with E-state index in [9.17, 15) is 4.79 Å². The molecule has 0 saturated carbocycles. The molecular formula is C11H15NOS. The predicted octanol–water partition coefficient (Wildman–Crippen LogP) is 2.68. The molecular weight excluding hydrogens is 194 g/mol. The lowest BCUT2D eigenvalue weighted by Gasteiger charge is -2.26. The van der Waals surface area contributed by atoms with Crippen LogP contribution in [-0.4, -0.2) is 23.9 Å². The van der Waals surface area contributed by atoms with Gasteiger partial charge in [0.15, 0.2) is 0 Å². The molecule has 1 aromatic heterocycles. The summed E-state index contributed by atoms with van der Waals surface area (Å²) in [4.78, 5) is 15.1. The minimum absolute atomic E-state index is 0.225. The highest BCUT2D eigenvalue weighted by Gasteiger charge is 2.19. The van der Waals surface area contributed by atoms with E-state index in [4.69, 9.17) is 0 Å². The molecule has 0 spiro atoms. The van der Waals surface area contributed by atoms with Crippen LogP contribution in [-0.2, 0) is 0 Å². The van der Waals surface area contributed by atoms with Crippen molar-refractivity contribution < 1.29 is 4.79 Å². The maximum absolute atomic E-state index is 12.0. The van der Waals surface area contributed by atoms with Crippen LogP contribution in [0.3, 0.4) is 0 Å². The summed E-state index contributed by atoms with van der Waals surface area (Å²) in [5, 5.41) is 1.99. The summed E-state index contributed by atoms with van der Waals surface area (Å²) in [6.07, 6.45) is 3.59. The summed E-state index contributed by atoms with van der Waals surface area (Å²) in [6, 6.07) is 1.94. The molecule has 1 fully saturated rings. The van der Waals surface area contributed by atoms with Crippen molar-refractivity contribution >= 4 is 17.2 Å². The van der Waals surface area contributed by atoms with Crippen molar-refractivity contribution in [3.05, 3.63) is 21.9 Å². The molecule has 3 heteroatoms. The van der Waals surface area contributed by atoms with Crippen LogP contribution in [0, 0.1) is 6.92 Å². The van der Waals surface area contributed by atoms with Crippen LogP contribution >= 0.6 is 11.3 Å². The quantitative estimate of drug-likeness (QED) is 0.696. The van der Waals surface area contributed by atoms with E-state index >= 15 is 0 Å². The van der Waals surface area contributed by atoms with Crippen molar-refractivity contribution in [2.75, 3.05) is 13.1 Å². The summed E-state index contributed by atoms with van der Waals surface area (Å²) in [6.45, 7) is 3.89. The third-order valence-electron chi connectivity index (χ3n) is 2.73. The third-order valence-corrected chi connectivity index (χ3v) is 3.58. The van der Waals surface area contributed by atoms with E-state index in [0.29, 0.717) is 0 Å². The monoisotopic (exact) mass is 209 g/mol. The second-order valence-electron chi connectivity index (χ2n) is 3.74. The van der Waals surface area contributed by atoms with Crippen molar-refractivity contribution in [1.29, 1.82) is 0 Å². The molecule has 0 N–H and O–H groups in total. The maximum Gasteiger partial charge on any atom is 0.254 e. The van der Waals surface area contributed by atoms with Gasteiger partial charge in [0.1, 0.15) is 0 Å². The lowest BCUT2D eigenvalue weighted by Crippen LogP contribution is -2.35. The van der Waals surface area contributed by atoms with Crippen LogP contribution in [0.4, 0.5) is 0 Å². The van der Waals surface area contributed by atoms with E-state index in [2.05, 4.69) is 0 Å². The first-order valence-corrected chi connectivity index (χ1v) is 6.00. The normalized spacial score (nSPS) is 17.1. The molecule has 0 aromatic carbocycles. The first-order valence-electron chi connectivity index (χ1n) is 5.12.